The Hall–Kier alpha value is -1.53. The molecular weight excluding hydrogens is 200 g/mol. The molecular formula is C13H18N2O. The third-order valence-corrected chi connectivity index (χ3v) is 2.53. The van der Waals surface area contributed by atoms with Gasteiger partial charge in [-0.15, -0.1) is 0 Å². The second-order valence-corrected chi connectivity index (χ2v) is 3.93. The Bertz CT molecular complexity index is 370. The summed E-state index contributed by atoms with van der Waals surface area (Å²) in [5.41, 5.74) is 1.17. The van der Waals surface area contributed by atoms with Crippen molar-refractivity contribution in [3.05, 3.63) is 29.8 Å². The normalized spacial score (nSPS) is 13.9. The molecule has 1 N–H and O–H groups in total. The third kappa shape index (κ3) is 3.56. The van der Waals surface area contributed by atoms with Gasteiger partial charge in [-0.3, -0.25) is 0 Å². The van der Waals surface area contributed by atoms with Gasteiger partial charge in [0, 0.05) is 12.1 Å². The number of methoxy groups -OCH3 is 1. The molecule has 0 aliphatic carbocycles. The van der Waals surface area contributed by atoms with Crippen LogP contribution in [0.1, 0.15) is 31.9 Å². The molecule has 3 heteroatoms. The summed E-state index contributed by atoms with van der Waals surface area (Å²) in [6.07, 6.45) is 0.522. The second kappa shape index (κ2) is 6.14. The van der Waals surface area contributed by atoms with E-state index in [1.165, 1.54) is 5.56 Å². The Balaban J connectivity index is 2.65. The van der Waals surface area contributed by atoms with Crippen LogP contribution in [-0.2, 0) is 0 Å². The van der Waals surface area contributed by atoms with Crippen LogP contribution in [0.25, 0.3) is 0 Å². The van der Waals surface area contributed by atoms with Gasteiger partial charge in [0.05, 0.1) is 19.6 Å². The van der Waals surface area contributed by atoms with Crippen molar-refractivity contribution >= 4 is 0 Å². The summed E-state index contributed by atoms with van der Waals surface area (Å²) in [6, 6.07) is 10.5. The van der Waals surface area contributed by atoms with Crippen molar-refractivity contribution in [3.8, 4) is 11.8 Å². The summed E-state index contributed by atoms with van der Waals surface area (Å²) in [6.45, 7) is 4.10. The van der Waals surface area contributed by atoms with E-state index in [1.807, 2.05) is 25.1 Å². The van der Waals surface area contributed by atoms with Crippen LogP contribution in [0, 0.1) is 11.3 Å². The van der Waals surface area contributed by atoms with Crippen molar-refractivity contribution in [2.24, 2.45) is 0 Å². The van der Waals surface area contributed by atoms with E-state index in [4.69, 9.17) is 10.00 Å². The molecule has 0 bridgehead atoms. The number of ether oxygens (including phenoxy) is 1. The highest BCUT2D eigenvalue weighted by Crippen LogP contribution is 2.19. The van der Waals surface area contributed by atoms with E-state index in [1.54, 1.807) is 7.11 Å². The van der Waals surface area contributed by atoms with Gasteiger partial charge < -0.3 is 10.1 Å². The van der Waals surface area contributed by atoms with Crippen LogP contribution in [0.4, 0.5) is 0 Å². The first kappa shape index (κ1) is 12.5. The predicted molar refractivity (Wildman–Crippen MR) is 64.2 cm³/mol. The Kier molecular flexibility index (Phi) is 4.81. The largest absolute Gasteiger partial charge is 0.497 e. The number of rotatable bonds is 5. The number of nitrogens with one attached hydrogen (secondary N) is 1. The number of hydrogen-bond acceptors (Lipinski definition) is 3. The fourth-order valence-electron chi connectivity index (χ4n) is 1.63. The van der Waals surface area contributed by atoms with Crippen LogP contribution in [0.5, 0.6) is 5.75 Å². The van der Waals surface area contributed by atoms with Crippen molar-refractivity contribution in [3.63, 3.8) is 0 Å². The van der Waals surface area contributed by atoms with Gasteiger partial charge in [0.2, 0.25) is 0 Å². The second-order valence-electron chi connectivity index (χ2n) is 3.93. The maximum absolute atomic E-state index is 8.59. The van der Waals surface area contributed by atoms with E-state index in [0.29, 0.717) is 6.42 Å². The van der Waals surface area contributed by atoms with Gasteiger partial charge >= 0.3 is 0 Å². The lowest BCUT2D eigenvalue weighted by Gasteiger charge is -2.18. The van der Waals surface area contributed by atoms with E-state index in [9.17, 15) is 0 Å². The number of nitriles is 1. The average molecular weight is 218 g/mol. The van der Waals surface area contributed by atoms with Gasteiger partial charge in [0.1, 0.15) is 5.75 Å². The van der Waals surface area contributed by atoms with Crippen LogP contribution in [0.3, 0.4) is 0 Å². The fraction of sp³-hybridized carbons (Fsp3) is 0.462. The molecule has 0 spiro atoms. The molecule has 0 radical (unpaired) electrons. The van der Waals surface area contributed by atoms with Gasteiger partial charge in [-0.2, -0.15) is 5.26 Å². The molecule has 0 amide bonds. The van der Waals surface area contributed by atoms with Crippen LogP contribution >= 0.6 is 0 Å². The maximum atomic E-state index is 8.59. The van der Waals surface area contributed by atoms with E-state index in [0.717, 1.165) is 5.75 Å². The number of benzene rings is 1. The molecule has 1 rings (SSSR count). The van der Waals surface area contributed by atoms with Crippen LogP contribution in [0.15, 0.2) is 24.3 Å². The molecule has 0 aromatic heterocycles. The molecule has 0 saturated carbocycles. The molecule has 0 aliphatic heterocycles. The standard InChI is InChI=1S/C13H18N2O/c1-10(7-8-14)15-11(2)12-5-4-6-13(9-12)16-3/h4-6,9-11,15H,7H2,1-3H3/t10?,11-/m1/s1. The zero-order valence-corrected chi connectivity index (χ0v) is 10.0. The van der Waals surface area contributed by atoms with Gasteiger partial charge in [-0.05, 0) is 31.5 Å². The van der Waals surface area contributed by atoms with Gasteiger partial charge in [-0.25, -0.2) is 0 Å². The Morgan fingerprint density at radius 1 is 1.44 bits per heavy atom. The van der Waals surface area contributed by atoms with E-state index >= 15 is 0 Å². The van der Waals surface area contributed by atoms with Crippen LogP contribution in [0.2, 0.25) is 0 Å². The lowest BCUT2D eigenvalue weighted by Crippen LogP contribution is -2.28. The number of nitrogens with zero attached hydrogens (tertiary/aromatic N) is 1. The summed E-state index contributed by atoms with van der Waals surface area (Å²) in [4.78, 5) is 0. The van der Waals surface area contributed by atoms with E-state index in [2.05, 4.69) is 24.4 Å². The first-order valence-electron chi connectivity index (χ1n) is 5.44. The molecule has 0 fully saturated rings. The Morgan fingerprint density at radius 3 is 2.81 bits per heavy atom. The minimum Gasteiger partial charge on any atom is -0.497 e. The summed E-state index contributed by atoms with van der Waals surface area (Å²) in [5, 5.41) is 12.0. The summed E-state index contributed by atoms with van der Waals surface area (Å²) < 4.78 is 5.18. The van der Waals surface area contributed by atoms with Crippen molar-refractivity contribution in [2.75, 3.05) is 7.11 Å². The highest BCUT2D eigenvalue weighted by atomic mass is 16.5. The topological polar surface area (TPSA) is 45.0 Å². The van der Waals surface area contributed by atoms with Crippen molar-refractivity contribution in [1.29, 1.82) is 5.26 Å². The highest BCUT2D eigenvalue weighted by molar-refractivity contribution is 5.30. The van der Waals surface area contributed by atoms with E-state index in [-0.39, 0.29) is 12.1 Å². The lowest BCUT2D eigenvalue weighted by molar-refractivity contribution is 0.412. The van der Waals surface area contributed by atoms with Crippen LogP contribution in [-0.4, -0.2) is 13.2 Å². The average Bonchev–Trinajstić information content (AvgIpc) is 2.29. The molecule has 2 atom stereocenters. The van der Waals surface area contributed by atoms with Crippen LogP contribution < -0.4 is 10.1 Å². The van der Waals surface area contributed by atoms with Crippen molar-refractivity contribution in [1.82, 2.24) is 5.32 Å². The zero-order valence-electron chi connectivity index (χ0n) is 10.0. The molecule has 3 nitrogen and oxygen atoms in total. The highest BCUT2D eigenvalue weighted by Gasteiger charge is 2.09. The molecule has 1 aromatic rings. The Labute approximate surface area is 97.0 Å². The van der Waals surface area contributed by atoms with Gasteiger partial charge in [0.25, 0.3) is 0 Å². The zero-order chi connectivity index (χ0) is 12.0. The maximum Gasteiger partial charge on any atom is 0.119 e. The molecule has 1 unspecified atom stereocenters. The minimum absolute atomic E-state index is 0.200. The summed E-state index contributed by atoms with van der Waals surface area (Å²) in [5.74, 6) is 0.860. The van der Waals surface area contributed by atoms with Crippen molar-refractivity contribution in [2.45, 2.75) is 32.4 Å². The minimum atomic E-state index is 0.200. The molecule has 0 saturated heterocycles. The first-order valence-corrected chi connectivity index (χ1v) is 5.44. The SMILES string of the molecule is COc1cccc([C@@H](C)NC(C)CC#N)c1. The lowest BCUT2D eigenvalue weighted by atomic mass is 10.1. The fourth-order valence-corrected chi connectivity index (χ4v) is 1.63. The monoisotopic (exact) mass is 218 g/mol. The Morgan fingerprint density at radius 2 is 2.19 bits per heavy atom. The molecule has 16 heavy (non-hydrogen) atoms. The molecule has 1 aromatic carbocycles. The molecule has 86 valence electrons. The van der Waals surface area contributed by atoms with Gasteiger partial charge in [-0.1, -0.05) is 12.1 Å². The number of hydrogen-bond donors (Lipinski definition) is 1. The summed E-state index contributed by atoms with van der Waals surface area (Å²) in [7, 11) is 1.66. The predicted octanol–water partition coefficient (Wildman–Crippen LogP) is 2.65. The molecule has 0 heterocycles. The first-order chi connectivity index (χ1) is 7.67. The van der Waals surface area contributed by atoms with Gasteiger partial charge in [0.15, 0.2) is 0 Å². The quantitative estimate of drug-likeness (QED) is 0.826. The van der Waals surface area contributed by atoms with Crippen molar-refractivity contribution < 1.29 is 4.74 Å². The third-order valence-electron chi connectivity index (χ3n) is 2.53. The van der Waals surface area contributed by atoms with E-state index < -0.39 is 0 Å². The smallest absolute Gasteiger partial charge is 0.119 e. The summed E-state index contributed by atoms with van der Waals surface area (Å²) >= 11 is 0. The molecule has 0 aliphatic rings.